The topological polar surface area (TPSA) is 51.2 Å². The third kappa shape index (κ3) is 3.94. The fraction of sp³-hybridized carbons (Fsp3) is 0.600. The van der Waals surface area contributed by atoms with Crippen LogP contribution in [-0.4, -0.2) is 24.0 Å². The van der Waals surface area contributed by atoms with E-state index in [2.05, 4.69) is 10.3 Å². The Labute approximate surface area is 114 Å². The van der Waals surface area contributed by atoms with Crippen LogP contribution in [0.1, 0.15) is 55.3 Å². The molecule has 1 aromatic heterocycles. The van der Waals surface area contributed by atoms with E-state index in [4.69, 9.17) is 4.74 Å². The summed E-state index contributed by atoms with van der Waals surface area (Å²) < 4.78 is 5.13. The van der Waals surface area contributed by atoms with Crippen LogP contribution in [0, 0.1) is 0 Å². The zero-order chi connectivity index (χ0) is 13.5. The first-order valence-corrected chi connectivity index (χ1v) is 7.11. The molecular weight excluding hydrogens is 240 g/mol. The van der Waals surface area contributed by atoms with E-state index in [1.165, 1.54) is 39.2 Å². The first kappa shape index (κ1) is 13.8. The number of hydrogen-bond donors (Lipinski definition) is 1. The van der Waals surface area contributed by atoms with Crippen molar-refractivity contribution in [3.05, 3.63) is 23.9 Å². The number of ether oxygens (including phenoxy) is 1. The van der Waals surface area contributed by atoms with Gasteiger partial charge in [0.2, 0.25) is 5.88 Å². The lowest BCUT2D eigenvalue weighted by Crippen LogP contribution is -2.35. The van der Waals surface area contributed by atoms with Gasteiger partial charge in [0.25, 0.3) is 5.91 Å². The van der Waals surface area contributed by atoms with E-state index in [-0.39, 0.29) is 11.9 Å². The van der Waals surface area contributed by atoms with E-state index >= 15 is 0 Å². The molecule has 0 bridgehead atoms. The first-order valence-electron chi connectivity index (χ1n) is 7.11. The highest BCUT2D eigenvalue weighted by atomic mass is 16.5. The molecule has 2 rings (SSSR count). The molecule has 0 aliphatic heterocycles. The van der Waals surface area contributed by atoms with E-state index in [9.17, 15) is 4.79 Å². The number of nitrogens with one attached hydrogen (secondary N) is 1. The molecule has 0 saturated heterocycles. The van der Waals surface area contributed by atoms with Crippen molar-refractivity contribution < 1.29 is 9.53 Å². The predicted octanol–water partition coefficient (Wildman–Crippen LogP) is 2.93. The zero-order valence-corrected chi connectivity index (χ0v) is 11.5. The lowest BCUT2D eigenvalue weighted by atomic mass is 9.96. The van der Waals surface area contributed by atoms with E-state index in [0.717, 1.165) is 12.8 Å². The summed E-state index contributed by atoms with van der Waals surface area (Å²) in [4.78, 5) is 16.3. The summed E-state index contributed by atoms with van der Waals surface area (Å²) in [6.45, 7) is 0. The van der Waals surface area contributed by atoms with Crippen LogP contribution < -0.4 is 10.1 Å². The molecule has 1 fully saturated rings. The average molecular weight is 262 g/mol. The van der Waals surface area contributed by atoms with Crippen LogP contribution >= 0.6 is 0 Å². The summed E-state index contributed by atoms with van der Waals surface area (Å²) in [7, 11) is 1.54. The summed E-state index contributed by atoms with van der Waals surface area (Å²) >= 11 is 0. The summed E-state index contributed by atoms with van der Waals surface area (Å²) in [5.41, 5.74) is 0.520. The highest BCUT2D eigenvalue weighted by molar-refractivity contribution is 5.96. The van der Waals surface area contributed by atoms with Gasteiger partial charge in [0.15, 0.2) is 0 Å². The molecule has 1 aliphatic carbocycles. The smallest absolute Gasteiger partial charge is 0.256 e. The quantitative estimate of drug-likeness (QED) is 0.911. The number of carbonyl (C=O) groups excluding carboxylic acids is 1. The number of rotatable bonds is 3. The minimum atomic E-state index is -0.0736. The molecule has 19 heavy (non-hydrogen) atoms. The fourth-order valence-corrected chi connectivity index (χ4v) is 2.59. The molecule has 0 unspecified atom stereocenters. The lowest BCUT2D eigenvalue weighted by Gasteiger charge is -2.21. The van der Waals surface area contributed by atoms with Gasteiger partial charge in [0, 0.05) is 12.2 Å². The second-order valence-corrected chi connectivity index (χ2v) is 5.08. The molecule has 1 aliphatic rings. The largest absolute Gasteiger partial charge is 0.480 e. The lowest BCUT2D eigenvalue weighted by molar-refractivity contribution is 0.0926. The Hall–Kier alpha value is -1.58. The minimum absolute atomic E-state index is 0.0736. The van der Waals surface area contributed by atoms with Crippen molar-refractivity contribution in [1.29, 1.82) is 0 Å². The summed E-state index contributed by atoms with van der Waals surface area (Å²) in [6.07, 6.45) is 10.1. The van der Waals surface area contributed by atoms with Crippen LogP contribution in [0.3, 0.4) is 0 Å². The summed E-state index contributed by atoms with van der Waals surface area (Å²) in [5, 5.41) is 3.12. The van der Waals surface area contributed by atoms with Crippen molar-refractivity contribution in [2.24, 2.45) is 0 Å². The SMILES string of the molecule is COc1ncccc1C(=O)NC1CCCCCCC1. The molecule has 1 saturated carbocycles. The van der Waals surface area contributed by atoms with Crippen molar-refractivity contribution >= 4 is 5.91 Å². The zero-order valence-electron chi connectivity index (χ0n) is 11.5. The number of pyridine rings is 1. The molecule has 1 N–H and O–H groups in total. The molecule has 0 spiro atoms. The van der Waals surface area contributed by atoms with Crippen molar-refractivity contribution in [3.8, 4) is 5.88 Å². The molecule has 1 aromatic rings. The van der Waals surface area contributed by atoms with Gasteiger partial charge in [-0.2, -0.15) is 0 Å². The van der Waals surface area contributed by atoms with Crippen LogP contribution in [0.4, 0.5) is 0 Å². The Morgan fingerprint density at radius 2 is 1.95 bits per heavy atom. The minimum Gasteiger partial charge on any atom is -0.480 e. The molecule has 0 atom stereocenters. The van der Waals surface area contributed by atoms with Crippen LogP contribution in [0.5, 0.6) is 5.88 Å². The maximum Gasteiger partial charge on any atom is 0.256 e. The van der Waals surface area contributed by atoms with Gasteiger partial charge in [-0.3, -0.25) is 4.79 Å². The molecule has 4 heteroatoms. The summed E-state index contributed by atoms with van der Waals surface area (Å²) in [5.74, 6) is 0.321. The standard InChI is InChI=1S/C15H22N2O2/c1-19-15-13(10-7-11-16-15)14(18)17-12-8-5-3-2-4-6-9-12/h7,10-12H,2-6,8-9H2,1H3,(H,17,18). The molecule has 1 amide bonds. The van der Waals surface area contributed by atoms with E-state index in [1.54, 1.807) is 18.3 Å². The third-order valence-electron chi connectivity index (χ3n) is 3.65. The van der Waals surface area contributed by atoms with E-state index in [1.807, 2.05) is 0 Å². The van der Waals surface area contributed by atoms with Crippen molar-refractivity contribution in [2.45, 2.75) is 51.0 Å². The van der Waals surface area contributed by atoms with Crippen LogP contribution in [0.25, 0.3) is 0 Å². The Morgan fingerprint density at radius 1 is 1.26 bits per heavy atom. The Bertz CT molecular complexity index is 412. The van der Waals surface area contributed by atoms with Crippen molar-refractivity contribution in [2.75, 3.05) is 7.11 Å². The predicted molar refractivity (Wildman–Crippen MR) is 74.4 cm³/mol. The number of carbonyl (C=O) groups is 1. The number of amides is 1. The molecular formula is C15H22N2O2. The second kappa shape index (κ2) is 7.12. The highest BCUT2D eigenvalue weighted by Crippen LogP contribution is 2.19. The van der Waals surface area contributed by atoms with Gasteiger partial charge in [-0.1, -0.05) is 32.1 Å². The number of hydrogen-bond acceptors (Lipinski definition) is 3. The van der Waals surface area contributed by atoms with Crippen LogP contribution in [0.15, 0.2) is 18.3 Å². The van der Waals surface area contributed by atoms with E-state index in [0.29, 0.717) is 11.4 Å². The van der Waals surface area contributed by atoms with Gasteiger partial charge in [0.05, 0.1) is 7.11 Å². The van der Waals surface area contributed by atoms with Crippen LogP contribution in [0.2, 0.25) is 0 Å². The van der Waals surface area contributed by atoms with Gasteiger partial charge in [-0.05, 0) is 25.0 Å². The summed E-state index contributed by atoms with van der Waals surface area (Å²) in [6, 6.07) is 3.80. The molecule has 0 aromatic carbocycles. The van der Waals surface area contributed by atoms with Crippen molar-refractivity contribution in [1.82, 2.24) is 10.3 Å². The van der Waals surface area contributed by atoms with Gasteiger partial charge in [0.1, 0.15) is 5.56 Å². The molecule has 4 nitrogen and oxygen atoms in total. The maximum absolute atomic E-state index is 12.3. The third-order valence-corrected chi connectivity index (χ3v) is 3.65. The molecule has 0 radical (unpaired) electrons. The second-order valence-electron chi connectivity index (χ2n) is 5.08. The van der Waals surface area contributed by atoms with Gasteiger partial charge >= 0.3 is 0 Å². The van der Waals surface area contributed by atoms with Crippen LogP contribution in [-0.2, 0) is 0 Å². The average Bonchev–Trinajstić information content (AvgIpc) is 2.41. The van der Waals surface area contributed by atoms with Gasteiger partial charge in [-0.15, -0.1) is 0 Å². The molecule has 1 heterocycles. The Balaban J connectivity index is 1.99. The number of methoxy groups -OCH3 is 1. The highest BCUT2D eigenvalue weighted by Gasteiger charge is 2.18. The molecule has 104 valence electrons. The fourth-order valence-electron chi connectivity index (χ4n) is 2.59. The van der Waals surface area contributed by atoms with Gasteiger partial charge in [-0.25, -0.2) is 4.98 Å². The van der Waals surface area contributed by atoms with Gasteiger partial charge < -0.3 is 10.1 Å². The Morgan fingerprint density at radius 3 is 2.63 bits per heavy atom. The number of nitrogens with zero attached hydrogens (tertiary/aromatic N) is 1. The number of aromatic nitrogens is 1. The maximum atomic E-state index is 12.3. The Kier molecular flexibility index (Phi) is 5.19. The van der Waals surface area contributed by atoms with Crippen molar-refractivity contribution in [3.63, 3.8) is 0 Å². The first-order chi connectivity index (χ1) is 9.31. The van der Waals surface area contributed by atoms with E-state index < -0.39 is 0 Å². The monoisotopic (exact) mass is 262 g/mol. The normalized spacial score (nSPS) is 17.3.